The molecule has 138 valence electrons. The van der Waals surface area contributed by atoms with E-state index in [0.29, 0.717) is 0 Å². The van der Waals surface area contributed by atoms with Gasteiger partial charge >= 0.3 is 35.0 Å². The molecule has 26 heavy (non-hydrogen) atoms. The van der Waals surface area contributed by atoms with E-state index in [4.69, 9.17) is 0 Å². The Labute approximate surface area is 149 Å². The summed E-state index contributed by atoms with van der Waals surface area (Å²) in [5.74, 6) is 1.28. The van der Waals surface area contributed by atoms with E-state index in [2.05, 4.69) is 91.0 Å². The normalized spacial score (nSPS) is 13.6. The molecule has 0 unspecified atom stereocenters. The average molecular weight is 432 g/mol. The molecule has 7 heteroatoms. The third-order valence-corrected chi connectivity index (χ3v) is 3.19. The third kappa shape index (κ3) is 8.17. The van der Waals surface area contributed by atoms with Gasteiger partial charge in [0.2, 0.25) is 0 Å². The van der Waals surface area contributed by atoms with Gasteiger partial charge in [-0.1, -0.05) is 18.2 Å². The molecule has 0 aliphatic carbocycles. The molecular formula is C19H15AsF6. The molecule has 3 aromatic rings. The van der Waals surface area contributed by atoms with Gasteiger partial charge in [0.15, 0.2) is 0 Å². The summed E-state index contributed by atoms with van der Waals surface area (Å²) in [5, 5.41) is 0. The van der Waals surface area contributed by atoms with Crippen LogP contribution in [0.15, 0.2) is 91.0 Å². The topological polar surface area (TPSA) is 0 Å². The zero-order valence-corrected chi connectivity index (χ0v) is 15.3. The Morgan fingerprint density at radius 3 is 0.808 bits per heavy atom. The van der Waals surface area contributed by atoms with E-state index in [1.807, 2.05) is 0 Å². The van der Waals surface area contributed by atoms with Crippen LogP contribution in [0.25, 0.3) is 0 Å². The predicted octanol–water partition coefficient (Wildman–Crippen LogP) is 6.85. The van der Waals surface area contributed by atoms with Gasteiger partial charge < -0.3 is 0 Å². The van der Waals surface area contributed by atoms with E-state index in [1.165, 1.54) is 22.6 Å². The Bertz CT molecular complexity index is 710. The van der Waals surface area contributed by atoms with Crippen LogP contribution in [0.2, 0.25) is 0 Å². The molecule has 0 heterocycles. The van der Waals surface area contributed by atoms with Crippen LogP contribution in [-0.4, -0.2) is 14.2 Å². The van der Waals surface area contributed by atoms with Crippen LogP contribution in [-0.2, 0) is 0 Å². The van der Waals surface area contributed by atoms with E-state index in [1.54, 1.807) is 0 Å². The maximum Gasteiger partial charge on any atom is 0.0631 e. The molecule has 3 aromatic carbocycles. The van der Waals surface area contributed by atoms with Crippen molar-refractivity contribution < 1.29 is 20.8 Å². The van der Waals surface area contributed by atoms with Gasteiger partial charge in [0.1, 0.15) is 0 Å². The largest absolute Gasteiger partial charge is 0.0631 e. The fourth-order valence-electron chi connectivity index (χ4n) is 2.31. The third-order valence-electron chi connectivity index (χ3n) is 3.19. The summed E-state index contributed by atoms with van der Waals surface area (Å²) in [7, 11) is 0. The summed E-state index contributed by atoms with van der Waals surface area (Å²) >= 11 is -11.1. The second-order valence-electron chi connectivity index (χ2n) is 5.43. The number of rotatable bonds is 3. The van der Waals surface area contributed by atoms with Crippen LogP contribution >= 0.6 is 0 Å². The first-order valence-electron chi connectivity index (χ1n) is 7.50. The van der Waals surface area contributed by atoms with Crippen molar-refractivity contribution in [2.24, 2.45) is 0 Å². The zero-order valence-electron chi connectivity index (χ0n) is 13.4. The molecule has 0 fully saturated rings. The molecule has 0 aliphatic heterocycles. The molecule has 0 aliphatic rings. The van der Waals surface area contributed by atoms with Gasteiger partial charge in [0, 0.05) is 0 Å². The molecule has 0 amide bonds. The van der Waals surface area contributed by atoms with E-state index in [-0.39, 0.29) is 0 Å². The van der Waals surface area contributed by atoms with Gasteiger partial charge in [0.25, 0.3) is 0 Å². The van der Waals surface area contributed by atoms with Crippen LogP contribution in [0.4, 0.5) is 20.8 Å². The summed E-state index contributed by atoms with van der Waals surface area (Å²) in [6.45, 7) is 0. The molecular weight excluding hydrogens is 417 g/mol. The molecule has 0 atom stereocenters. The average Bonchev–Trinajstić information content (AvgIpc) is 2.55. The predicted molar refractivity (Wildman–Crippen MR) is 92.3 cm³/mol. The van der Waals surface area contributed by atoms with Crippen molar-refractivity contribution in [3.63, 3.8) is 0 Å². The monoisotopic (exact) mass is 432 g/mol. The molecule has 0 aromatic heterocycles. The second kappa shape index (κ2) is 6.76. The molecule has 3 rings (SSSR count). The van der Waals surface area contributed by atoms with E-state index in [0.717, 1.165) is 0 Å². The standard InChI is InChI=1S/C19H15.AsF6/c1-4-10-16(11-5-1)19(17-12-6-2-7-13-17)18-14-8-3-9-15-18;2-1(3,4,5,6)7/h1-15H;/q+1;-1. The molecule has 0 saturated carbocycles. The molecule has 0 radical (unpaired) electrons. The van der Waals surface area contributed by atoms with Crippen molar-refractivity contribution in [1.29, 1.82) is 0 Å². The van der Waals surface area contributed by atoms with Crippen LogP contribution < -0.4 is 0 Å². The Morgan fingerprint density at radius 1 is 0.423 bits per heavy atom. The zero-order chi connectivity index (χ0) is 19.3. The number of hydrogen-bond donors (Lipinski definition) is 0. The van der Waals surface area contributed by atoms with E-state index >= 15 is 0 Å². The summed E-state index contributed by atoms with van der Waals surface area (Å²) in [6, 6.07) is 31.6. The second-order valence-corrected chi connectivity index (χ2v) is 9.45. The minimum absolute atomic E-state index is 1.25. The Morgan fingerprint density at radius 2 is 0.615 bits per heavy atom. The van der Waals surface area contributed by atoms with Crippen molar-refractivity contribution in [3.8, 4) is 0 Å². The first-order valence-corrected chi connectivity index (χ1v) is 11.8. The van der Waals surface area contributed by atoms with Gasteiger partial charge in [-0.05, 0) is 72.8 Å². The Balaban J connectivity index is 0.000000298. The van der Waals surface area contributed by atoms with Gasteiger partial charge in [-0.3, -0.25) is 0 Å². The molecule has 0 nitrogen and oxygen atoms in total. The molecule has 0 spiro atoms. The van der Waals surface area contributed by atoms with Gasteiger partial charge in [0.05, 0.1) is 22.6 Å². The maximum absolute atomic E-state index is 11.1. The number of benzene rings is 3. The van der Waals surface area contributed by atoms with Crippen molar-refractivity contribution >= 4 is 14.2 Å². The molecule has 0 N–H and O–H groups in total. The SMILES string of the molecule is F[As-](F)(F)(F)(F)F.c1ccc([C+](c2ccccc2)c2ccccc2)cc1. The van der Waals surface area contributed by atoms with Gasteiger partial charge in [-0.2, -0.15) is 0 Å². The summed E-state index contributed by atoms with van der Waals surface area (Å²) in [6.07, 6.45) is 0. The van der Waals surface area contributed by atoms with Crippen molar-refractivity contribution in [3.05, 3.63) is 114 Å². The van der Waals surface area contributed by atoms with Crippen molar-refractivity contribution in [1.82, 2.24) is 0 Å². The fraction of sp³-hybridized carbons (Fsp3) is 0. The van der Waals surface area contributed by atoms with Gasteiger partial charge in [-0.25, -0.2) is 0 Å². The smallest absolute Gasteiger partial charge is 0.0511 e. The fourth-order valence-corrected chi connectivity index (χ4v) is 2.31. The van der Waals surface area contributed by atoms with Crippen LogP contribution in [0, 0.1) is 5.92 Å². The van der Waals surface area contributed by atoms with E-state index in [9.17, 15) is 20.8 Å². The van der Waals surface area contributed by atoms with Crippen LogP contribution in [0.3, 0.4) is 0 Å². The molecule has 0 saturated heterocycles. The van der Waals surface area contributed by atoms with Crippen LogP contribution in [0.5, 0.6) is 0 Å². The van der Waals surface area contributed by atoms with E-state index < -0.39 is 14.2 Å². The van der Waals surface area contributed by atoms with Crippen molar-refractivity contribution in [2.45, 2.75) is 0 Å². The Kier molecular flexibility index (Phi) is 5.20. The number of hydrogen-bond acceptors (Lipinski definition) is 0. The van der Waals surface area contributed by atoms with Crippen LogP contribution in [0.1, 0.15) is 16.7 Å². The van der Waals surface area contributed by atoms with Crippen molar-refractivity contribution in [2.75, 3.05) is 0 Å². The maximum atomic E-state index is 9.91. The minimum atomic E-state index is -11.1. The number of halogens is 6. The molecule has 0 bridgehead atoms. The van der Waals surface area contributed by atoms with Gasteiger partial charge in [-0.15, -0.1) is 0 Å². The Hall–Kier alpha value is -2.33. The summed E-state index contributed by atoms with van der Waals surface area (Å²) < 4.78 is 59.4. The quantitative estimate of drug-likeness (QED) is 0.184. The summed E-state index contributed by atoms with van der Waals surface area (Å²) in [4.78, 5) is 0. The first-order chi connectivity index (χ1) is 11.9. The summed E-state index contributed by atoms with van der Waals surface area (Å²) in [5.41, 5.74) is 3.75. The minimum Gasteiger partial charge on any atom is -0.0511 e. The first kappa shape index (κ1) is 20.0.